The van der Waals surface area contributed by atoms with Gasteiger partial charge in [0.25, 0.3) is 5.91 Å². The largest absolute Gasteiger partial charge is 0.480 e. The van der Waals surface area contributed by atoms with Gasteiger partial charge in [0, 0.05) is 5.38 Å². The lowest BCUT2D eigenvalue weighted by Crippen LogP contribution is -2.32. The molecule has 0 bridgehead atoms. The highest BCUT2D eigenvalue weighted by molar-refractivity contribution is 7.13. The van der Waals surface area contributed by atoms with Crippen LogP contribution in [0.5, 0.6) is 5.75 Å². The lowest BCUT2D eigenvalue weighted by molar-refractivity contribution is -0.122. The summed E-state index contributed by atoms with van der Waals surface area (Å²) in [4.78, 5) is 16.6. The molecule has 1 atom stereocenters. The molecule has 1 aromatic carbocycles. The summed E-state index contributed by atoms with van der Waals surface area (Å²) >= 11 is 1.42. The molecular weight excluding hydrogens is 296 g/mol. The zero-order valence-corrected chi connectivity index (χ0v) is 14.2. The van der Waals surface area contributed by atoms with Crippen molar-refractivity contribution in [3.63, 3.8) is 0 Å². The molecule has 1 N–H and O–H groups in total. The number of ether oxygens (including phenoxy) is 1. The molecule has 22 heavy (non-hydrogen) atoms. The predicted octanol–water partition coefficient (Wildman–Crippen LogP) is 4.37. The molecular formula is C17H22N2O2S. The maximum Gasteiger partial charge on any atom is 0.267 e. The van der Waals surface area contributed by atoms with E-state index in [0.29, 0.717) is 17.5 Å². The number of hydrogen-bond acceptors (Lipinski definition) is 4. The number of anilines is 1. The first-order valence-electron chi connectivity index (χ1n) is 7.49. The summed E-state index contributed by atoms with van der Waals surface area (Å²) in [6.07, 6.45) is 0.0758. The Morgan fingerprint density at radius 1 is 1.36 bits per heavy atom. The normalized spacial score (nSPS) is 12.2. The number of amides is 1. The van der Waals surface area contributed by atoms with Crippen LogP contribution in [0, 0.1) is 6.92 Å². The minimum atomic E-state index is -0.524. The number of nitrogens with one attached hydrogen (secondary N) is 1. The minimum Gasteiger partial charge on any atom is -0.480 e. The third kappa shape index (κ3) is 4.07. The molecule has 0 fully saturated rings. The van der Waals surface area contributed by atoms with Crippen molar-refractivity contribution in [2.24, 2.45) is 0 Å². The number of thiazole rings is 1. The number of hydrogen-bond donors (Lipinski definition) is 1. The van der Waals surface area contributed by atoms with Gasteiger partial charge in [-0.25, -0.2) is 4.98 Å². The molecule has 0 aliphatic heterocycles. The van der Waals surface area contributed by atoms with Crippen LogP contribution in [0.2, 0.25) is 0 Å². The van der Waals surface area contributed by atoms with Crippen LogP contribution in [0.3, 0.4) is 0 Å². The Kier molecular flexibility index (Phi) is 5.55. The Labute approximate surface area is 135 Å². The summed E-state index contributed by atoms with van der Waals surface area (Å²) in [6, 6.07) is 7.87. The number of aryl methyl sites for hydroxylation is 1. The van der Waals surface area contributed by atoms with Crippen molar-refractivity contribution in [3.8, 4) is 5.75 Å². The lowest BCUT2D eigenvalue weighted by atomic mass is 10.0. The summed E-state index contributed by atoms with van der Waals surface area (Å²) in [5.74, 6) is 0.962. The quantitative estimate of drug-likeness (QED) is 0.860. The number of benzene rings is 1. The van der Waals surface area contributed by atoms with Gasteiger partial charge in [-0.05, 0) is 30.9 Å². The predicted molar refractivity (Wildman–Crippen MR) is 90.7 cm³/mol. The van der Waals surface area contributed by atoms with Crippen molar-refractivity contribution in [1.29, 1.82) is 0 Å². The second-order valence-corrected chi connectivity index (χ2v) is 6.35. The third-order valence-corrected chi connectivity index (χ3v) is 4.20. The van der Waals surface area contributed by atoms with Gasteiger partial charge < -0.3 is 4.74 Å². The van der Waals surface area contributed by atoms with Crippen LogP contribution >= 0.6 is 11.3 Å². The number of nitrogens with zero attached hydrogens (tertiary/aromatic N) is 1. The van der Waals surface area contributed by atoms with Gasteiger partial charge in [0.15, 0.2) is 11.2 Å². The molecule has 1 aromatic heterocycles. The van der Waals surface area contributed by atoms with Crippen LogP contribution in [0.1, 0.15) is 44.4 Å². The molecule has 4 nitrogen and oxygen atoms in total. The Morgan fingerprint density at radius 2 is 2.09 bits per heavy atom. The summed E-state index contributed by atoms with van der Waals surface area (Å²) in [7, 11) is 0. The molecule has 0 aliphatic carbocycles. The second-order valence-electron chi connectivity index (χ2n) is 5.49. The van der Waals surface area contributed by atoms with Crippen LogP contribution in [-0.4, -0.2) is 17.0 Å². The first-order chi connectivity index (χ1) is 10.5. The summed E-state index contributed by atoms with van der Waals surface area (Å²) in [5.41, 5.74) is 2.01. The standard InChI is InChI=1S/C17H22N2O2S/c1-5-14(16(20)19-17-18-12(4)10-22-17)21-15-9-7-6-8-13(15)11(2)3/h6-11,14H,5H2,1-4H3,(H,18,19,20)/t14-/m1/s1. The zero-order valence-electron chi connectivity index (χ0n) is 13.4. The van der Waals surface area contributed by atoms with E-state index in [-0.39, 0.29) is 5.91 Å². The van der Waals surface area contributed by atoms with Crippen LogP contribution in [0.25, 0.3) is 0 Å². The number of carbonyl (C=O) groups is 1. The van der Waals surface area contributed by atoms with Gasteiger partial charge in [0.2, 0.25) is 0 Å². The monoisotopic (exact) mass is 318 g/mol. The first-order valence-corrected chi connectivity index (χ1v) is 8.37. The molecule has 0 unspecified atom stereocenters. The van der Waals surface area contributed by atoms with Crippen molar-refractivity contribution in [3.05, 3.63) is 40.9 Å². The molecule has 0 spiro atoms. The third-order valence-electron chi connectivity index (χ3n) is 3.32. The molecule has 0 saturated heterocycles. The SMILES string of the molecule is CC[C@@H](Oc1ccccc1C(C)C)C(=O)Nc1nc(C)cs1. The van der Waals surface area contributed by atoms with E-state index in [1.54, 1.807) is 0 Å². The molecule has 5 heteroatoms. The van der Waals surface area contributed by atoms with Crippen molar-refractivity contribution in [2.45, 2.75) is 46.1 Å². The van der Waals surface area contributed by atoms with E-state index >= 15 is 0 Å². The van der Waals surface area contributed by atoms with E-state index in [4.69, 9.17) is 4.74 Å². The van der Waals surface area contributed by atoms with E-state index in [2.05, 4.69) is 24.1 Å². The lowest BCUT2D eigenvalue weighted by Gasteiger charge is -2.20. The fourth-order valence-electron chi connectivity index (χ4n) is 2.14. The Morgan fingerprint density at radius 3 is 2.68 bits per heavy atom. The summed E-state index contributed by atoms with van der Waals surface area (Å²) < 4.78 is 5.96. The number of carbonyl (C=O) groups excluding carboxylic acids is 1. The van der Waals surface area contributed by atoms with Gasteiger partial charge >= 0.3 is 0 Å². The number of rotatable bonds is 6. The summed E-state index contributed by atoms with van der Waals surface area (Å²) in [5, 5.41) is 5.35. The molecule has 2 aromatic rings. The van der Waals surface area contributed by atoms with E-state index in [1.807, 2.05) is 43.5 Å². The molecule has 1 amide bonds. The molecule has 118 valence electrons. The number of aromatic nitrogens is 1. The highest BCUT2D eigenvalue weighted by Crippen LogP contribution is 2.27. The topological polar surface area (TPSA) is 51.2 Å². The van der Waals surface area contributed by atoms with Gasteiger partial charge in [0.05, 0.1) is 5.69 Å². The Bertz CT molecular complexity index is 637. The van der Waals surface area contributed by atoms with Gasteiger partial charge in [-0.1, -0.05) is 39.0 Å². The van der Waals surface area contributed by atoms with Gasteiger partial charge in [-0.15, -0.1) is 11.3 Å². The first kappa shape index (κ1) is 16.5. The van der Waals surface area contributed by atoms with E-state index in [1.165, 1.54) is 11.3 Å². The van der Waals surface area contributed by atoms with Crippen molar-refractivity contribution in [1.82, 2.24) is 4.98 Å². The second kappa shape index (κ2) is 7.40. The van der Waals surface area contributed by atoms with Crippen LogP contribution in [0.15, 0.2) is 29.6 Å². The van der Waals surface area contributed by atoms with Gasteiger partial charge in [-0.3, -0.25) is 10.1 Å². The fourth-order valence-corrected chi connectivity index (χ4v) is 2.83. The molecule has 1 heterocycles. The van der Waals surface area contributed by atoms with Crippen LogP contribution in [-0.2, 0) is 4.79 Å². The molecule has 0 radical (unpaired) electrons. The van der Waals surface area contributed by atoms with Gasteiger partial charge in [-0.2, -0.15) is 0 Å². The number of para-hydroxylation sites is 1. The fraction of sp³-hybridized carbons (Fsp3) is 0.412. The smallest absolute Gasteiger partial charge is 0.267 e. The summed E-state index contributed by atoms with van der Waals surface area (Å²) in [6.45, 7) is 8.07. The van der Waals surface area contributed by atoms with Gasteiger partial charge in [0.1, 0.15) is 5.75 Å². The average molecular weight is 318 g/mol. The van der Waals surface area contributed by atoms with Crippen LogP contribution < -0.4 is 10.1 Å². The molecule has 2 rings (SSSR count). The van der Waals surface area contributed by atoms with E-state index < -0.39 is 6.10 Å². The highest BCUT2D eigenvalue weighted by atomic mass is 32.1. The molecule has 0 aliphatic rings. The highest BCUT2D eigenvalue weighted by Gasteiger charge is 2.21. The van der Waals surface area contributed by atoms with Crippen molar-refractivity contribution < 1.29 is 9.53 Å². The van der Waals surface area contributed by atoms with E-state index in [0.717, 1.165) is 17.0 Å². The molecule has 0 saturated carbocycles. The van der Waals surface area contributed by atoms with Crippen LogP contribution in [0.4, 0.5) is 5.13 Å². The van der Waals surface area contributed by atoms with Crippen molar-refractivity contribution in [2.75, 3.05) is 5.32 Å². The average Bonchev–Trinajstić information content (AvgIpc) is 2.90. The Hall–Kier alpha value is -1.88. The maximum atomic E-state index is 12.4. The Balaban J connectivity index is 2.10. The maximum absolute atomic E-state index is 12.4. The van der Waals surface area contributed by atoms with Crippen molar-refractivity contribution >= 4 is 22.4 Å². The minimum absolute atomic E-state index is 0.157. The van der Waals surface area contributed by atoms with E-state index in [9.17, 15) is 4.79 Å². The zero-order chi connectivity index (χ0) is 16.1.